The second-order valence-corrected chi connectivity index (χ2v) is 12.6. The van der Waals surface area contributed by atoms with E-state index in [1.54, 1.807) is 32.9 Å². The van der Waals surface area contributed by atoms with Crippen LogP contribution < -0.4 is 5.32 Å². The van der Waals surface area contributed by atoms with Crippen LogP contribution in [-0.4, -0.2) is 64.0 Å². The van der Waals surface area contributed by atoms with E-state index in [9.17, 15) is 32.3 Å². The molecule has 2 aliphatic rings. The molecule has 0 bridgehead atoms. The molecular formula is C36H36F3N3O6. The Balaban J connectivity index is 1.48. The van der Waals surface area contributed by atoms with Crippen molar-refractivity contribution in [2.45, 2.75) is 69.7 Å². The van der Waals surface area contributed by atoms with Crippen molar-refractivity contribution in [1.82, 2.24) is 15.1 Å². The summed E-state index contributed by atoms with van der Waals surface area (Å²) < 4.78 is 50.8. The topological polar surface area (TPSA) is 105 Å². The van der Waals surface area contributed by atoms with E-state index < -0.39 is 71.8 Å². The molecule has 9 nitrogen and oxygen atoms in total. The monoisotopic (exact) mass is 663 g/mol. The van der Waals surface area contributed by atoms with Gasteiger partial charge in [0.25, 0.3) is 0 Å². The van der Waals surface area contributed by atoms with Gasteiger partial charge in [-0.15, -0.1) is 0 Å². The number of cyclic esters (lactones) is 1. The van der Waals surface area contributed by atoms with Crippen molar-refractivity contribution in [3.8, 4) is 0 Å². The minimum absolute atomic E-state index is 0.0144. The van der Waals surface area contributed by atoms with Crippen LogP contribution in [0.1, 0.15) is 55.5 Å². The number of carbonyl (C=O) groups is 4. The van der Waals surface area contributed by atoms with Gasteiger partial charge >= 0.3 is 18.2 Å². The van der Waals surface area contributed by atoms with E-state index in [-0.39, 0.29) is 18.7 Å². The molecule has 2 saturated heterocycles. The van der Waals surface area contributed by atoms with Crippen LogP contribution >= 0.6 is 0 Å². The maximum Gasteiger partial charge on any atom is 0.416 e. The molecular weight excluding hydrogens is 627 g/mol. The van der Waals surface area contributed by atoms with Gasteiger partial charge in [0.2, 0.25) is 11.8 Å². The zero-order valence-electron chi connectivity index (χ0n) is 26.6. The molecule has 3 aromatic rings. The predicted molar refractivity (Wildman–Crippen MR) is 170 cm³/mol. The van der Waals surface area contributed by atoms with Crippen molar-refractivity contribution in [3.63, 3.8) is 0 Å². The molecule has 5 rings (SSSR count). The van der Waals surface area contributed by atoms with Crippen LogP contribution in [0.15, 0.2) is 91.0 Å². The lowest BCUT2D eigenvalue weighted by molar-refractivity contribution is -0.168. The molecule has 0 aliphatic carbocycles. The number of nitrogens with zero attached hydrogens (tertiary/aromatic N) is 2. The van der Waals surface area contributed by atoms with Crippen molar-refractivity contribution in [2.75, 3.05) is 6.61 Å². The molecule has 3 aromatic carbocycles. The molecule has 48 heavy (non-hydrogen) atoms. The van der Waals surface area contributed by atoms with Gasteiger partial charge in [-0.05, 0) is 49.6 Å². The highest BCUT2D eigenvalue weighted by Crippen LogP contribution is 2.39. The van der Waals surface area contributed by atoms with E-state index in [2.05, 4.69) is 5.32 Å². The van der Waals surface area contributed by atoms with Crippen molar-refractivity contribution < 1.29 is 41.8 Å². The predicted octanol–water partition coefficient (Wildman–Crippen LogP) is 5.91. The second kappa shape index (κ2) is 13.9. The Morgan fingerprint density at radius 3 is 2.29 bits per heavy atom. The maximum absolute atomic E-state index is 14.1. The van der Waals surface area contributed by atoms with Gasteiger partial charge < -0.3 is 19.7 Å². The van der Waals surface area contributed by atoms with Gasteiger partial charge in [-0.1, -0.05) is 84.9 Å². The largest absolute Gasteiger partial charge is 0.460 e. The summed E-state index contributed by atoms with van der Waals surface area (Å²) in [6.07, 6.45) is -2.37. The Morgan fingerprint density at radius 1 is 0.979 bits per heavy atom. The van der Waals surface area contributed by atoms with Gasteiger partial charge in [0.1, 0.15) is 24.3 Å². The van der Waals surface area contributed by atoms with Crippen LogP contribution in [-0.2, 0) is 36.6 Å². The van der Waals surface area contributed by atoms with Crippen LogP contribution in [0.4, 0.5) is 18.0 Å². The normalized spacial score (nSPS) is 20.3. The number of ether oxygens (including phenoxy) is 2. The molecule has 12 heteroatoms. The number of halogens is 3. The summed E-state index contributed by atoms with van der Waals surface area (Å²) in [5.41, 5.74) is -0.0572. The minimum Gasteiger partial charge on any atom is -0.460 e. The first-order valence-corrected chi connectivity index (χ1v) is 15.4. The molecule has 1 N–H and O–H groups in total. The number of benzene rings is 3. The lowest BCUT2D eigenvalue weighted by Crippen LogP contribution is -2.74. The first-order valence-electron chi connectivity index (χ1n) is 15.4. The number of alkyl halides is 3. The number of nitrogens with one attached hydrogen (secondary N) is 1. The highest BCUT2D eigenvalue weighted by atomic mass is 19.4. The second-order valence-electron chi connectivity index (χ2n) is 12.6. The van der Waals surface area contributed by atoms with Gasteiger partial charge in [-0.3, -0.25) is 19.3 Å². The standard InChI is InChI=1S/C36H36F3N3O6/c1-35(2,3)48-30(43)20-28(32(44)40-21-24-13-10-16-26(19-24)36(37,38)39)41-27(18-17-23-11-6-4-7-12-23)31(33(41)45)42-29(22-47-34(42)46)25-14-8-5-9-15-25/h4-19,27-29,31H,20-22H2,1-3H3,(H,40,44)/t27-,28-,29-,31+/m0/s1. The SMILES string of the molecule is CC(C)(C)OC(=O)C[C@@H](C(=O)NCc1cccc(C(F)(F)F)c1)N1C(=O)[C@H](N2C(=O)OC[C@H]2c2ccccc2)[C@@H]1C=Cc1ccccc1. The first-order chi connectivity index (χ1) is 22.7. The molecule has 4 atom stereocenters. The Morgan fingerprint density at radius 2 is 1.65 bits per heavy atom. The molecule has 0 radical (unpaired) electrons. The molecule has 2 heterocycles. The zero-order chi connectivity index (χ0) is 34.6. The average molecular weight is 664 g/mol. The summed E-state index contributed by atoms with van der Waals surface area (Å²) in [4.78, 5) is 56.8. The third kappa shape index (κ3) is 7.87. The van der Waals surface area contributed by atoms with E-state index in [4.69, 9.17) is 9.47 Å². The highest BCUT2D eigenvalue weighted by Gasteiger charge is 2.58. The molecule has 3 amide bonds. The van der Waals surface area contributed by atoms with Crippen LogP contribution in [0.5, 0.6) is 0 Å². The van der Waals surface area contributed by atoms with Crippen molar-refractivity contribution in [1.29, 1.82) is 0 Å². The van der Waals surface area contributed by atoms with E-state index >= 15 is 0 Å². The van der Waals surface area contributed by atoms with E-state index in [1.165, 1.54) is 21.9 Å². The number of hydrogen-bond donors (Lipinski definition) is 1. The van der Waals surface area contributed by atoms with Gasteiger partial charge in [0, 0.05) is 6.54 Å². The zero-order valence-corrected chi connectivity index (χ0v) is 26.6. The molecule has 2 aliphatic heterocycles. The number of carbonyl (C=O) groups excluding carboxylic acids is 4. The van der Waals surface area contributed by atoms with Crippen molar-refractivity contribution in [2.24, 2.45) is 0 Å². The van der Waals surface area contributed by atoms with Crippen LogP contribution in [0.2, 0.25) is 0 Å². The van der Waals surface area contributed by atoms with Gasteiger partial charge in [0.05, 0.1) is 24.1 Å². The van der Waals surface area contributed by atoms with Crippen LogP contribution in [0, 0.1) is 0 Å². The van der Waals surface area contributed by atoms with Crippen molar-refractivity contribution >= 4 is 30.0 Å². The Hall–Kier alpha value is -5.13. The Labute approximate surface area is 276 Å². The molecule has 252 valence electrons. The highest BCUT2D eigenvalue weighted by molar-refractivity contribution is 5.99. The summed E-state index contributed by atoms with van der Waals surface area (Å²) in [5, 5.41) is 2.60. The number of β-lactam (4-membered cyclic amide) rings is 1. The summed E-state index contributed by atoms with van der Waals surface area (Å²) in [6, 6.07) is 18.8. The quantitative estimate of drug-likeness (QED) is 0.214. The summed E-state index contributed by atoms with van der Waals surface area (Å²) in [6.45, 7) is 4.70. The first kappa shape index (κ1) is 34.2. The number of esters is 1. The van der Waals surface area contributed by atoms with E-state index in [1.807, 2.05) is 60.7 Å². The third-order valence-electron chi connectivity index (χ3n) is 7.97. The smallest absolute Gasteiger partial charge is 0.416 e. The number of amides is 3. The number of likely N-dealkylation sites (tertiary alicyclic amines) is 1. The molecule has 0 spiro atoms. The molecule has 0 unspecified atom stereocenters. The van der Waals surface area contributed by atoms with Gasteiger partial charge in [0.15, 0.2) is 0 Å². The summed E-state index contributed by atoms with van der Waals surface area (Å²) in [7, 11) is 0. The van der Waals surface area contributed by atoms with Crippen molar-refractivity contribution in [3.05, 3.63) is 113 Å². The minimum atomic E-state index is -4.58. The summed E-state index contributed by atoms with van der Waals surface area (Å²) >= 11 is 0. The van der Waals surface area contributed by atoms with Crippen LogP contribution in [0.3, 0.4) is 0 Å². The maximum atomic E-state index is 14.1. The fraction of sp³-hybridized carbons (Fsp3) is 0.333. The summed E-state index contributed by atoms with van der Waals surface area (Å²) in [5.74, 6) is -2.13. The fourth-order valence-corrected chi connectivity index (χ4v) is 5.83. The van der Waals surface area contributed by atoms with Gasteiger partial charge in [-0.25, -0.2) is 4.79 Å². The fourth-order valence-electron chi connectivity index (χ4n) is 5.83. The molecule has 2 fully saturated rings. The number of hydrogen-bond acceptors (Lipinski definition) is 6. The third-order valence-corrected chi connectivity index (χ3v) is 7.97. The Kier molecular flexibility index (Phi) is 9.92. The van der Waals surface area contributed by atoms with E-state index in [0.717, 1.165) is 23.3 Å². The molecule has 0 aromatic heterocycles. The van der Waals surface area contributed by atoms with Gasteiger partial charge in [-0.2, -0.15) is 13.2 Å². The lowest BCUT2D eigenvalue weighted by atomic mass is 9.87. The molecule has 0 saturated carbocycles. The van der Waals surface area contributed by atoms with Crippen LogP contribution in [0.25, 0.3) is 6.08 Å². The number of rotatable bonds is 10. The lowest BCUT2D eigenvalue weighted by Gasteiger charge is -2.52. The Bertz CT molecular complexity index is 1670. The van der Waals surface area contributed by atoms with E-state index in [0.29, 0.717) is 0 Å². The average Bonchev–Trinajstić information content (AvgIpc) is 3.41.